The van der Waals surface area contributed by atoms with Crippen molar-refractivity contribution in [1.82, 2.24) is 20.2 Å². The van der Waals surface area contributed by atoms with E-state index in [1.165, 1.54) is 31.3 Å². The molecule has 47 heavy (non-hydrogen) atoms. The standard InChI is InChI=1S/C33H42F3N7O4/c1-19(2)9-10-27(44)42-16-32(17-42)13-20(14-32)38-29(45)22-11-26(47-4)24(12-23(22)34)39-31-37-15-25-28(40-31)43(21-7-5-6-8-21)18-33(35,36)30(46)41(25)3/h11-12,15,19-21H,5-10,13-14,16-18H2,1-4H3,(H,38,45)(H,37,39,40). The van der Waals surface area contributed by atoms with Gasteiger partial charge in [-0.2, -0.15) is 13.8 Å². The Labute approximate surface area is 272 Å². The van der Waals surface area contributed by atoms with E-state index in [-0.39, 0.29) is 57.9 Å². The van der Waals surface area contributed by atoms with E-state index in [2.05, 4.69) is 34.4 Å². The van der Waals surface area contributed by atoms with Crippen LogP contribution >= 0.6 is 0 Å². The molecule has 3 fully saturated rings. The number of anilines is 4. The van der Waals surface area contributed by atoms with Gasteiger partial charge in [0.2, 0.25) is 11.9 Å². The fourth-order valence-electron chi connectivity index (χ4n) is 7.34. The molecule has 1 saturated heterocycles. The van der Waals surface area contributed by atoms with Crippen molar-refractivity contribution in [2.24, 2.45) is 11.3 Å². The van der Waals surface area contributed by atoms with Crippen molar-refractivity contribution in [1.29, 1.82) is 0 Å². The zero-order chi connectivity index (χ0) is 33.7. The molecule has 2 N–H and O–H groups in total. The lowest BCUT2D eigenvalue weighted by Crippen LogP contribution is -2.67. The number of ether oxygens (including phenoxy) is 1. The van der Waals surface area contributed by atoms with Crippen molar-refractivity contribution in [3.63, 3.8) is 0 Å². The van der Waals surface area contributed by atoms with Crippen LogP contribution in [0.25, 0.3) is 0 Å². The van der Waals surface area contributed by atoms with Crippen LogP contribution in [0.2, 0.25) is 0 Å². The summed E-state index contributed by atoms with van der Waals surface area (Å²) in [5.74, 6) is -5.33. The maximum Gasteiger partial charge on any atom is 0.342 e. The van der Waals surface area contributed by atoms with E-state index in [9.17, 15) is 23.2 Å². The highest BCUT2D eigenvalue weighted by atomic mass is 19.3. The van der Waals surface area contributed by atoms with Crippen LogP contribution in [0.5, 0.6) is 5.75 Å². The summed E-state index contributed by atoms with van der Waals surface area (Å²) in [7, 11) is 2.65. The summed E-state index contributed by atoms with van der Waals surface area (Å²) in [4.78, 5) is 51.0. The first kappa shape index (κ1) is 32.8. The molecular formula is C33H42F3N7O4. The van der Waals surface area contributed by atoms with E-state index >= 15 is 4.39 Å². The number of fused-ring (bicyclic) bond motifs is 1. The topological polar surface area (TPSA) is 120 Å². The summed E-state index contributed by atoms with van der Waals surface area (Å²) < 4.78 is 50.7. The number of carbonyl (C=O) groups is 3. The number of hydrogen-bond donors (Lipinski definition) is 2. The number of halogens is 3. The Hall–Kier alpha value is -4.10. The average Bonchev–Trinajstić information content (AvgIpc) is 3.51. The summed E-state index contributed by atoms with van der Waals surface area (Å²) in [5, 5.41) is 5.81. The monoisotopic (exact) mass is 657 g/mol. The number of aromatic nitrogens is 2. The van der Waals surface area contributed by atoms with Crippen molar-refractivity contribution >= 4 is 40.9 Å². The van der Waals surface area contributed by atoms with Gasteiger partial charge in [0.05, 0.1) is 31.1 Å². The summed E-state index contributed by atoms with van der Waals surface area (Å²) in [6, 6.07) is 2.07. The summed E-state index contributed by atoms with van der Waals surface area (Å²) in [6.45, 7) is 4.77. The molecular weight excluding hydrogens is 615 g/mol. The third-order valence-electron chi connectivity index (χ3n) is 9.95. The molecule has 2 saturated carbocycles. The molecule has 3 amide bonds. The minimum Gasteiger partial charge on any atom is -0.495 e. The Morgan fingerprint density at radius 2 is 1.83 bits per heavy atom. The Kier molecular flexibility index (Phi) is 8.73. The molecule has 1 aromatic heterocycles. The molecule has 14 heteroatoms. The van der Waals surface area contributed by atoms with Crippen LogP contribution in [0.4, 0.5) is 36.3 Å². The number of nitrogens with zero attached hydrogens (tertiary/aromatic N) is 5. The Bertz CT molecular complexity index is 1550. The van der Waals surface area contributed by atoms with Gasteiger partial charge >= 0.3 is 5.92 Å². The van der Waals surface area contributed by atoms with Gasteiger partial charge in [0.25, 0.3) is 11.8 Å². The highest BCUT2D eigenvalue weighted by Crippen LogP contribution is 2.49. The number of likely N-dealkylation sites (tertiary alicyclic amines) is 1. The third-order valence-corrected chi connectivity index (χ3v) is 9.95. The van der Waals surface area contributed by atoms with E-state index in [0.29, 0.717) is 38.3 Å². The van der Waals surface area contributed by atoms with Gasteiger partial charge in [0.15, 0.2) is 5.82 Å². The lowest BCUT2D eigenvalue weighted by atomic mass is 9.60. The minimum absolute atomic E-state index is 0.00953. The first-order valence-corrected chi connectivity index (χ1v) is 16.3. The Morgan fingerprint density at radius 1 is 1.13 bits per heavy atom. The second kappa shape index (κ2) is 12.5. The second-order valence-corrected chi connectivity index (χ2v) is 14.0. The van der Waals surface area contributed by atoms with Gasteiger partial charge in [-0.05, 0) is 44.1 Å². The van der Waals surface area contributed by atoms with E-state index < -0.39 is 30.1 Å². The number of amides is 3. The SMILES string of the molecule is COc1cc(C(=O)NC2CC3(C2)CN(C(=O)CCC(C)C)C3)c(F)cc1Nc1ncc2c(n1)N(C1CCCC1)CC(F)(F)C(=O)N2C. The molecule has 2 aromatic rings. The van der Waals surface area contributed by atoms with Gasteiger partial charge in [0, 0.05) is 50.1 Å². The summed E-state index contributed by atoms with van der Waals surface area (Å²) >= 11 is 0. The molecule has 0 bridgehead atoms. The molecule has 2 aliphatic heterocycles. The normalized spacial score (nSPS) is 20.5. The predicted octanol–water partition coefficient (Wildman–Crippen LogP) is 4.89. The highest BCUT2D eigenvalue weighted by Gasteiger charge is 2.54. The quantitative estimate of drug-likeness (QED) is 0.392. The molecule has 0 radical (unpaired) electrons. The van der Waals surface area contributed by atoms with Crippen molar-refractivity contribution in [3.05, 3.63) is 29.7 Å². The molecule has 1 aromatic carbocycles. The van der Waals surface area contributed by atoms with E-state index in [0.717, 1.165) is 43.1 Å². The highest BCUT2D eigenvalue weighted by molar-refractivity contribution is 6.02. The zero-order valence-electron chi connectivity index (χ0n) is 27.2. The molecule has 0 atom stereocenters. The number of hydrogen-bond acceptors (Lipinski definition) is 8. The number of benzene rings is 1. The van der Waals surface area contributed by atoms with Gasteiger partial charge in [-0.25, -0.2) is 9.37 Å². The van der Waals surface area contributed by atoms with Crippen LogP contribution in [0.1, 0.15) is 75.6 Å². The minimum atomic E-state index is -3.61. The first-order chi connectivity index (χ1) is 22.3. The average molecular weight is 658 g/mol. The van der Waals surface area contributed by atoms with Crippen LogP contribution in [0.15, 0.2) is 18.3 Å². The maximum absolute atomic E-state index is 15.4. The molecule has 4 aliphatic rings. The number of alkyl halides is 2. The molecule has 11 nitrogen and oxygen atoms in total. The fraction of sp³-hybridized carbons (Fsp3) is 0.606. The van der Waals surface area contributed by atoms with E-state index in [1.54, 1.807) is 0 Å². The number of carbonyl (C=O) groups excluding carboxylic acids is 3. The third kappa shape index (κ3) is 6.42. The number of methoxy groups -OCH3 is 1. The molecule has 6 rings (SSSR count). The van der Waals surface area contributed by atoms with Gasteiger partial charge in [0.1, 0.15) is 17.3 Å². The zero-order valence-corrected chi connectivity index (χ0v) is 27.2. The molecule has 3 heterocycles. The van der Waals surface area contributed by atoms with Crippen molar-refractivity contribution in [2.45, 2.75) is 83.2 Å². The lowest BCUT2D eigenvalue weighted by Gasteiger charge is -2.59. The molecule has 254 valence electrons. The largest absolute Gasteiger partial charge is 0.495 e. The van der Waals surface area contributed by atoms with E-state index in [4.69, 9.17) is 4.74 Å². The van der Waals surface area contributed by atoms with Crippen molar-refractivity contribution < 1.29 is 32.3 Å². The van der Waals surface area contributed by atoms with Gasteiger partial charge in [-0.3, -0.25) is 14.4 Å². The van der Waals surface area contributed by atoms with E-state index in [1.807, 2.05) is 4.90 Å². The lowest BCUT2D eigenvalue weighted by molar-refractivity contribution is -0.152. The van der Waals surface area contributed by atoms with Crippen molar-refractivity contribution in [3.8, 4) is 5.75 Å². The number of rotatable bonds is 9. The van der Waals surface area contributed by atoms with Crippen molar-refractivity contribution in [2.75, 3.05) is 48.9 Å². The Morgan fingerprint density at radius 3 is 2.49 bits per heavy atom. The van der Waals surface area contributed by atoms with Crippen LogP contribution in [0, 0.1) is 17.2 Å². The summed E-state index contributed by atoms with van der Waals surface area (Å²) in [6.07, 6.45) is 7.33. The van der Waals surface area contributed by atoms with Crippen LogP contribution in [0.3, 0.4) is 0 Å². The van der Waals surface area contributed by atoms with Crippen LogP contribution < -0.4 is 25.2 Å². The first-order valence-electron chi connectivity index (χ1n) is 16.3. The molecule has 2 aliphatic carbocycles. The van der Waals surface area contributed by atoms with Gasteiger partial charge < -0.3 is 30.1 Å². The van der Waals surface area contributed by atoms with Gasteiger partial charge in [-0.15, -0.1) is 0 Å². The number of nitrogens with one attached hydrogen (secondary N) is 2. The van der Waals surface area contributed by atoms with Crippen LogP contribution in [-0.2, 0) is 9.59 Å². The summed E-state index contributed by atoms with van der Waals surface area (Å²) in [5.41, 5.74) is 0.121. The fourth-order valence-corrected chi connectivity index (χ4v) is 7.34. The predicted molar refractivity (Wildman–Crippen MR) is 170 cm³/mol. The van der Waals surface area contributed by atoms with Gasteiger partial charge in [-0.1, -0.05) is 26.7 Å². The molecule has 1 spiro atoms. The Balaban J connectivity index is 1.13. The maximum atomic E-state index is 15.4. The van der Waals surface area contributed by atoms with Crippen LogP contribution in [-0.4, -0.2) is 84.4 Å². The second-order valence-electron chi connectivity index (χ2n) is 14.0. The molecule has 0 unspecified atom stereocenters. The smallest absolute Gasteiger partial charge is 0.342 e.